The van der Waals surface area contributed by atoms with Gasteiger partial charge in [0.05, 0.1) is 43.7 Å². The summed E-state index contributed by atoms with van der Waals surface area (Å²) in [5, 5.41) is 14.8. The fourth-order valence-corrected chi connectivity index (χ4v) is 4.34. The Balaban J connectivity index is 0.00000210. The predicted octanol–water partition coefficient (Wildman–Crippen LogP) is 0.591. The van der Waals surface area contributed by atoms with E-state index in [9.17, 15) is 9.90 Å². The number of carbonyl (C=O) groups is 1. The summed E-state index contributed by atoms with van der Waals surface area (Å²) in [4.78, 5) is 25.1. The van der Waals surface area contributed by atoms with Gasteiger partial charge in [-0.3, -0.25) is 4.99 Å². The number of carboxylic acids is 1. The van der Waals surface area contributed by atoms with Crippen molar-refractivity contribution in [2.45, 2.75) is 6.54 Å². The first-order valence-electron chi connectivity index (χ1n) is 11.1. The average Bonchev–Trinajstić information content (AvgIpc) is 3.04. The molecule has 5 rings (SSSR count). The zero-order valence-electron chi connectivity index (χ0n) is 21.2. The second-order valence-corrected chi connectivity index (χ2v) is 8.50. The molecule has 1 aromatic heterocycles. The predicted molar refractivity (Wildman–Crippen MR) is 139 cm³/mol. The standard InChI is InChI=1S/C27H20ClFN4O4.Na.H2O/c1-36-21-5-3-4-20(29)23(21)25-19-10-15(28)6-8-17(19)24-14(12-30-25)13-31-27(33-24)32-16-7-9-18(26(34)35)22(11-16)37-2;;/h3-11,13H,12H2,1-2H3,(H,34,35)(H,31,32,33);;1H2/q;+1;/p-1. The number of fused-ring (bicyclic) bond motifs is 3. The first-order chi connectivity index (χ1) is 17.9. The molecule has 2 heterocycles. The van der Waals surface area contributed by atoms with Gasteiger partial charge in [-0.1, -0.05) is 23.7 Å². The van der Waals surface area contributed by atoms with Crippen LogP contribution in [-0.4, -0.2) is 41.3 Å². The molecule has 3 N–H and O–H groups in total. The van der Waals surface area contributed by atoms with Crippen molar-refractivity contribution in [3.05, 3.63) is 93.9 Å². The Morgan fingerprint density at radius 1 is 1.05 bits per heavy atom. The fraction of sp³-hybridized carbons (Fsp3) is 0.111. The number of hydrogen-bond donors (Lipinski definition) is 1. The first kappa shape index (κ1) is 30.0. The number of carbonyl (C=O) groups excluding carboxylic acids is 1. The SMILES string of the molecule is COc1cc(Nc2ncc3c(n2)-c2ccc(Cl)cc2C(c2c(F)cccc2OC)=NC3)ccc1C(=O)[O-].O.[Na+]. The molecule has 1 aliphatic heterocycles. The number of ether oxygens (including phenoxy) is 2. The second-order valence-electron chi connectivity index (χ2n) is 8.07. The summed E-state index contributed by atoms with van der Waals surface area (Å²) in [6.45, 7) is 0.197. The second kappa shape index (κ2) is 12.5. The molecule has 0 atom stereocenters. The van der Waals surface area contributed by atoms with Gasteiger partial charge in [-0.15, -0.1) is 0 Å². The Labute approximate surface area is 250 Å². The third-order valence-corrected chi connectivity index (χ3v) is 6.11. The van der Waals surface area contributed by atoms with E-state index in [1.54, 1.807) is 42.6 Å². The molecule has 0 bridgehead atoms. The molecule has 0 fully saturated rings. The number of nitrogens with zero attached hydrogens (tertiary/aromatic N) is 3. The molecule has 0 amide bonds. The minimum atomic E-state index is -1.35. The molecule has 3 aromatic carbocycles. The van der Waals surface area contributed by atoms with Crippen LogP contribution in [0.3, 0.4) is 0 Å². The quantitative estimate of drug-likeness (QED) is 0.342. The molecule has 0 unspecified atom stereocenters. The van der Waals surface area contributed by atoms with Gasteiger partial charge in [-0.2, -0.15) is 0 Å². The Hall–Kier alpha value is -3.54. The van der Waals surface area contributed by atoms with Crippen molar-refractivity contribution < 1.29 is 58.8 Å². The van der Waals surface area contributed by atoms with Crippen LogP contribution >= 0.6 is 11.6 Å². The number of carboxylic acid groups (broad SMARTS) is 1. The molecule has 0 spiro atoms. The van der Waals surface area contributed by atoms with Crippen molar-refractivity contribution in [3.8, 4) is 22.8 Å². The van der Waals surface area contributed by atoms with E-state index in [1.165, 1.54) is 32.4 Å². The van der Waals surface area contributed by atoms with Gasteiger partial charge in [-0.05, 0) is 36.4 Å². The maximum Gasteiger partial charge on any atom is 1.00 e. The van der Waals surface area contributed by atoms with Crippen molar-refractivity contribution in [1.29, 1.82) is 0 Å². The maximum atomic E-state index is 15.0. The van der Waals surface area contributed by atoms with Crippen molar-refractivity contribution in [3.63, 3.8) is 0 Å². The van der Waals surface area contributed by atoms with Gasteiger partial charge in [-0.25, -0.2) is 14.4 Å². The molecule has 4 aromatic rings. The fourth-order valence-electron chi connectivity index (χ4n) is 4.17. The minimum Gasteiger partial charge on any atom is -0.545 e. The van der Waals surface area contributed by atoms with Gasteiger partial charge in [0.15, 0.2) is 0 Å². The van der Waals surface area contributed by atoms with Crippen LogP contribution in [0.5, 0.6) is 11.5 Å². The normalized spacial score (nSPS) is 11.4. The van der Waals surface area contributed by atoms with Gasteiger partial charge in [0.2, 0.25) is 5.95 Å². The number of aromatic carboxylic acids is 1. The summed E-state index contributed by atoms with van der Waals surface area (Å²) in [7, 11) is 2.84. The Morgan fingerprint density at radius 3 is 2.54 bits per heavy atom. The van der Waals surface area contributed by atoms with Crippen molar-refractivity contribution >= 4 is 34.9 Å². The molecule has 0 saturated heterocycles. The number of halogens is 2. The number of aliphatic imine (C=N–C) groups is 1. The van der Waals surface area contributed by atoms with Crippen LogP contribution in [0.25, 0.3) is 11.3 Å². The van der Waals surface area contributed by atoms with E-state index in [2.05, 4.69) is 10.3 Å². The molecule has 0 aliphatic carbocycles. The third kappa shape index (κ3) is 5.90. The molecule has 0 radical (unpaired) electrons. The van der Waals surface area contributed by atoms with Crippen LogP contribution in [0.1, 0.15) is 27.0 Å². The monoisotopic (exact) mass is 558 g/mol. The topological polar surface area (TPSA) is 140 Å². The molecular weight excluding hydrogens is 538 g/mol. The number of hydrogen-bond acceptors (Lipinski definition) is 8. The molecular formula is C27H21ClFN4NaO5. The van der Waals surface area contributed by atoms with Crippen LogP contribution in [0.15, 0.2) is 65.8 Å². The van der Waals surface area contributed by atoms with E-state index in [0.29, 0.717) is 39.0 Å². The Bertz CT molecular complexity index is 1580. The number of methoxy groups -OCH3 is 2. The van der Waals surface area contributed by atoms with Gasteiger partial charge in [0, 0.05) is 45.2 Å². The van der Waals surface area contributed by atoms with E-state index >= 15 is 4.39 Å². The van der Waals surface area contributed by atoms with Gasteiger partial charge >= 0.3 is 29.6 Å². The van der Waals surface area contributed by atoms with E-state index in [4.69, 9.17) is 31.1 Å². The van der Waals surface area contributed by atoms with Gasteiger partial charge in [0.1, 0.15) is 17.3 Å². The molecule has 12 heteroatoms. The zero-order chi connectivity index (χ0) is 26.1. The van der Waals surface area contributed by atoms with Crippen LogP contribution in [-0.2, 0) is 6.54 Å². The molecule has 1 aliphatic rings. The number of rotatable bonds is 6. The molecule has 194 valence electrons. The summed E-state index contributed by atoms with van der Waals surface area (Å²) in [6.07, 6.45) is 1.64. The number of anilines is 2. The molecule has 0 saturated carbocycles. The number of aromatic nitrogens is 2. The summed E-state index contributed by atoms with van der Waals surface area (Å²) in [5.41, 5.74) is 3.67. The summed E-state index contributed by atoms with van der Waals surface area (Å²) >= 11 is 6.34. The van der Waals surface area contributed by atoms with Crippen LogP contribution in [0.2, 0.25) is 5.02 Å². The van der Waals surface area contributed by atoms with E-state index < -0.39 is 11.8 Å². The maximum absolute atomic E-state index is 15.0. The van der Waals surface area contributed by atoms with Gasteiger partial charge < -0.3 is 30.2 Å². The summed E-state index contributed by atoms with van der Waals surface area (Å²) in [6, 6.07) is 14.3. The van der Waals surface area contributed by atoms with Crippen LogP contribution in [0, 0.1) is 5.82 Å². The number of benzene rings is 3. The van der Waals surface area contributed by atoms with Crippen molar-refractivity contribution in [1.82, 2.24) is 9.97 Å². The average molecular weight is 559 g/mol. The Morgan fingerprint density at radius 2 is 1.82 bits per heavy atom. The van der Waals surface area contributed by atoms with E-state index in [-0.39, 0.29) is 64.4 Å². The molecule has 39 heavy (non-hydrogen) atoms. The van der Waals surface area contributed by atoms with Crippen molar-refractivity contribution in [2.75, 3.05) is 19.5 Å². The van der Waals surface area contributed by atoms with Crippen molar-refractivity contribution in [2.24, 2.45) is 4.99 Å². The van der Waals surface area contributed by atoms with E-state index in [0.717, 1.165) is 5.56 Å². The third-order valence-electron chi connectivity index (χ3n) is 5.87. The smallest absolute Gasteiger partial charge is 0.545 e. The first-order valence-corrected chi connectivity index (χ1v) is 11.5. The summed E-state index contributed by atoms with van der Waals surface area (Å²) < 4.78 is 25.6. The molecule has 9 nitrogen and oxygen atoms in total. The van der Waals surface area contributed by atoms with Gasteiger partial charge in [0.25, 0.3) is 0 Å². The van der Waals surface area contributed by atoms with Crippen LogP contribution < -0.4 is 49.5 Å². The van der Waals surface area contributed by atoms with E-state index in [1.807, 2.05) is 0 Å². The zero-order valence-corrected chi connectivity index (χ0v) is 24.0. The Kier molecular flexibility index (Phi) is 9.65. The minimum absolute atomic E-state index is 0. The largest absolute Gasteiger partial charge is 1.00 e. The van der Waals surface area contributed by atoms with Crippen LogP contribution in [0.4, 0.5) is 16.0 Å². The summed E-state index contributed by atoms with van der Waals surface area (Å²) in [5.74, 6) is -1.08. The number of nitrogens with one attached hydrogen (secondary N) is 1.